The van der Waals surface area contributed by atoms with Crippen molar-refractivity contribution < 1.29 is 4.74 Å². The zero-order chi connectivity index (χ0) is 14.2. The lowest BCUT2D eigenvalue weighted by atomic mass is 10.1. The van der Waals surface area contributed by atoms with Crippen LogP contribution in [0.25, 0.3) is 0 Å². The third kappa shape index (κ3) is 4.26. The van der Waals surface area contributed by atoms with Gasteiger partial charge in [0.05, 0.1) is 7.11 Å². The van der Waals surface area contributed by atoms with Crippen molar-refractivity contribution in [2.45, 2.75) is 32.7 Å². The van der Waals surface area contributed by atoms with Crippen LogP contribution < -0.4 is 10.1 Å². The van der Waals surface area contributed by atoms with Gasteiger partial charge in [-0.1, -0.05) is 31.5 Å². The highest BCUT2D eigenvalue weighted by atomic mass is 16.5. The van der Waals surface area contributed by atoms with Gasteiger partial charge in [0.2, 0.25) is 5.88 Å². The normalized spacial score (nSPS) is 10.3. The molecule has 0 saturated heterocycles. The zero-order valence-corrected chi connectivity index (χ0v) is 12.2. The predicted octanol–water partition coefficient (Wildman–Crippen LogP) is 4.04. The van der Waals surface area contributed by atoms with Crippen LogP contribution in [0.5, 0.6) is 5.88 Å². The molecule has 0 aliphatic carbocycles. The van der Waals surface area contributed by atoms with Crippen LogP contribution in [0.15, 0.2) is 42.6 Å². The quantitative estimate of drug-likeness (QED) is 0.824. The molecule has 0 bridgehead atoms. The highest BCUT2D eigenvalue weighted by Gasteiger charge is 1.97. The van der Waals surface area contributed by atoms with E-state index in [0.717, 1.165) is 17.8 Å². The number of ether oxygens (including phenoxy) is 1. The Kier molecular flexibility index (Phi) is 5.42. The van der Waals surface area contributed by atoms with E-state index in [1.807, 2.05) is 18.3 Å². The van der Waals surface area contributed by atoms with Crippen molar-refractivity contribution in [1.29, 1.82) is 0 Å². The lowest BCUT2D eigenvalue weighted by molar-refractivity contribution is 0.397. The molecule has 1 heterocycles. The van der Waals surface area contributed by atoms with Crippen molar-refractivity contribution in [3.05, 3.63) is 53.7 Å². The van der Waals surface area contributed by atoms with Gasteiger partial charge in [0, 0.05) is 24.5 Å². The van der Waals surface area contributed by atoms with E-state index in [9.17, 15) is 0 Å². The minimum atomic E-state index is 0.647. The molecule has 0 saturated carbocycles. The van der Waals surface area contributed by atoms with E-state index >= 15 is 0 Å². The molecule has 0 atom stereocenters. The van der Waals surface area contributed by atoms with E-state index in [-0.39, 0.29) is 0 Å². The molecule has 0 amide bonds. The molecule has 1 N–H and O–H groups in total. The van der Waals surface area contributed by atoms with E-state index in [1.165, 1.54) is 24.8 Å². The second-order valence-electron chi connectivity index (χ2n) is 4.86. The summed E-state index contributed by atoms with van der Waals surface area (Å²) in [4.78, 5) is 4.20. The number of nitrogens with one attached hydrogen (secondary N) is 1. The minimum absolute atomic E-state index is 0.647. The van der Waals surface area contributed by atoms with Crippen LogP contribution in [-0.2, 0) is 13.0 Å². The number of aromatic nitrogens is 1. The Hall–Kier alpha value is -2.03. The Bertz CT molecular complexity index is 506. The number of hydrogen-bond acceptors (Lipinski definition) is 3. The second kappa shape index (κ2) is 7.53. The van der Waals surface area contributed by atoms with Crippen molar-refractivity contribution >= 4 is 5.69 Å². The van der Waals surface area contributed by atoms with Gasteiger partial charge in [0.15, 0.2) is 0 Å². The molecular weight excluding hydrogens is 248 g/mol. The summed E-state index contributed by atoms with van der Waals surface area (Å²) in [6, 6.07) is 12.6. The summed E-state index contributed by atoms with van der Waals surface area (Å²) in [5.74, 6) is 0.647. The molecule has 0 unspecified atom stereocenters. The molecule has 0 radical (unpaired) electrons. The van der Waals surface area contributed by atoms with Gasteiger partial charge < -0.3 is 10.1 Å². The Morgan fingerprint density at radius 2 is 1.80 bits per heavy atom. The molecule has 3 heteroatoms. The van der Waals surface area contributed by atoms with E-state index in [2.05, 4.69) is 41.5 Å². The Balaban J connectivity index is 1.86. The maximum absolute atomic E-state index is 5.05. The number of hydrogen-bond donors (Lipinski definition) is 1. The summed E-state index contributed by atoms with van der Waals surface area (Å²) >= 11 is 0. The monoisotopic (exact) mass is 270 g/mol. The van der Waals surface area contributed by atoms with Crippen molar-refractivity contribution in [1.82, 2.24) is 4.98 Å². The fourth-order valence-corrected chi connectivity index (χ4v) is 2.01. The SMILES string of the molecule is CCCCc1ccc(NCc2ccc(OC)nc2)cc1. The van der Waals surface area contributed by atoms with Crippen LogP contribution in [0.3, 0.4) is 0 Å². The number of pyridine rings is 1. The molecule has 2 rings (SSSR count). The van der Waals surface area contributed by atoms with Gasteiger partial charge in [0.25, 0.3) is 0 Å². The average molecular weight is 270 g/mol. The smallest absolute Gasteiger partial charge is 0.212 e. The van der Waals surface area contributed by atoms with Crippen molar-refractivity contribution in [3.63, 3.8) is 0 Å². The molecule has 1 aromatic carbocycles. The van der Waals surface area contributed by atoms with Gasteiger partial charge in [-0.3, -0.25) is 0 Å². The maximum Gasteiger partial charge on any atom is 0.212 e. The first-order valence-electron chi connectivity index (χ1n) is 7.13. The summed E-state index contributed by atoms with van der Waals surface area (Å²) < 4.78 is 5.05. The van der Waals surface area contributed by atoms with Crippen LogP contribution in [0.4, 0.5) is 5.69 Å². The summed E-state index contributed by atoms with van der Waals surface area (Å²) in [5, 5.41) is 3.40. The van der Waals surface area contributed by atoms with Crippen LogP contribution in [-0.4, -0.2) is 12.1 Å². The molecule has 2 aromatic rings. The summed E-state index contributed by atoms with van der Waals surface area (Å²) in [6.45, 7) is 2.99. The van der Waals surface area contributed by atoms with E-state index in [1.54, 1.807) is 7.11 Å². The summed E-state index contributed by atoms with van der Waals surface area (Å²) in [7, 11) is 1.63. The van der Waals surface area contributed by atoms with E-state index < -0.39 is 0 Å². The lowest BCUT2D eigenvalue weighted by Gasteiger charge is -2.08. The number of rotatable bonds is 7. The van der Waals surface area contributed by atoms with Crippen LogP contribution in [0.2, 0.25) is 0 Å². The topological polar surface area (TPSA) is 34.1 Å². The Morgan fingerprint density at radius 3 is 2.40 bits per heavy atom. The van der Waals surface area contributed by atoms with Crippen molar-refractivity contribution in [2.24, 2.45) is 0 Å². The van der Waals surface area contributed by atoms with E-state index in [4.69, 9.17) is 4.74 Å². The standard InChI is InChI=1S/C17H22N2O/c1-3-4-5-14-6-9-16(10-7-14)18-12-15-8-11-17(20-2)19-13-15/h6-11,13,18H,3-5,12H2,1-2H3. The van der Waals surface area contributed by atoms with Gasteiger partial charge in [-0.25, -0.2) is 4.98 Å². The first kappa shape index (κ1) is 14.4. The summed E-state index contributed by atoms with van der Waals surface area (Å²) in [5.41, 5.74) is 3.69. The number of methoxy groups -OCH3 is 1. The predicted molar refractivity (Wildman–Crippen MR) is 83.2 cm³/mol. The first-order chi connectivity index (χ1) is 9.81. The van der Waals surface area contributed by atoms with Crippen molar-refractivity contribution in [2.75, 3.05) is 12.4 Å². The van der Waals surface area contributed by atoms with Crippen LogP contribution >= 0.6 is 0 Å². The molecule has 0 spiro atoms. The van der Waals surface area contributed by atoms with Gasteiger partial charge in [-0.15, -0.1) is 0 Å². The molecule has 3 nitrogen and oxygen atoms in total. The molecular formula is C17H22N2O. The van der Waals surface area contributed by atoms with Gasteiger partial charge >= 0.3 is 0 Å². The number of unbranched alkanes of at least 4 members (excludes halogenated alkanes) is 1. The fraction of sp³-hybridized carbons (Fsp3) is 0.353. The highest BCUT2D eigenvalue weighted by molar-refractivity contribution is 5.45. The number of benzene rings is 1. The van der Waals surface area contributed by atoms with Gasteiger partial charge in [0.1, 0.15) is 0 Å². The zero-order valence-electron chi connectivity index (χ0n) is 12.2. The highest BCUT2D eigenvalue weighted by Crippen LogP contribution is 2.13. The largest absolute Gasteiger partial charge is 0.481 e. The van der Waals surface area contributed by atoms with Gasteiger partial charge in [-0.05, 0) is 36.1 Å². The second-order valence-corrected chi connectivity index (χ2v) is 4.86. The number of nitrogens with zero attached hydrogens (tertiary/aromatic N) is 1. The number of anilines is 1. The van der Waals surface area contributed by atoms with Crippen LogP contribution in [0, 0.1) is 0 Å². The molecule has 20 heavy (non-hydrogen) atoms. The first-order valence-corrected chi connectivity index (χ1v) is 7.13. The summed E-state index contributed by atoms with van der Waals surface area (Å²) in [6.07, 6.45) is 5.50. The molecule has 0 aliphatic rings. The van der Waals surface area contributed by atoms with Crippen LogP contribution in [0.1, 0.15) is 30.9 Å². The molecule has 0 fully saturated rings. The maximum atomic E-state index is 5.05. The average Bonchev–Trinajstić information content (AvgIpc) is 2.52. The Morgan fingerprint density at radius 1 is 1.05 bits per heavy atom. The van der Waals surface area contributed by atoms with Gasteiger partial charge in [-0.2, -0.15) is 0 Å². The third-order valence-corrected chi connectivity index (χ3v) is 3.28. The fourth-order valence-electron chi connectivity index (χ4n) is 2.01. The third-order valence-electron chi connectivity index (χ3n) is 3.28. The number of aryl methyl sites for hydroxylation is 1. The van der Waals surface area contributed by atoms with E-state index in [0.29, 0.717) is 5.88 Å². The molecule has 106 valence electrons. The molecule has 1 aromatic heterocycles. The minimum Gasteiger partial charge on any atom is -0.481 e. The lowest BCUT2D eigenvalue weighted by Crippen LogP contribution is -2.00. The molecule has 0 aliphatic heterocycles. The Labute approximate surface area is 121 Å². The van der Waals surface area contributed by atoms with Crippen molar-refractivity contribution in [3.8, 4) is 5.88 Å².